The number of hydrogen-bond donors (Lipinski definition) is 1. The summed E-state index contributed by atoms with van der Waals surface area (Å²) in [5.41, 5.74) is 2.37. The van der Waals surface area contributed by atoms with Crippen molar-refractivity contribution in [3.05, 3.63) is 69.2 Å². The standard InChI is InChI=1S/C24H26ClN3O5/c1-2-17(22(29)18-5-8-20-21(13-18)33-23(30)26-20)14-27-9-11-28(12-10-27)24(31)32-15-16-3-6-19(25)7-4-16/h3-8,13,17H,2,9-12,14-15H2,1H3,(H,26,30). The maximum Gasteiger partial charge on any atom is 0.417 e. The van der Waals surface area contributed by atoms with Crippen molar-refractivity contribution in [1.29, 1.82) is 0 Å². The van der Waals surface area contributed by atoms with Gasteiger partial charge in [0.15, 0.2) is 11.4 Å². The molecule has 1 aliphatic heterocycles. The van der Waals surface area contributed by atoms with E-state index in [0.717, 1.165) is 5.56 Å². The Morgan fingerprint density at radius 2 is 1.85 bits per heavy atom. The van der Waals surface area contributed by atoms with E-state index in [1.165, 1.54) is 0 Å². The molecule has 0 saturated carbocycles. The third kappa shape index (κ3) is 5.64. The van der Waals surface area contributed by atoms with Gasteiger partial charge in [-0.1, -0.05) is 30.7 Å². The molecule has 1 amide bonds. The number of hydrogen-bond acceptors (Lipinski definition) is 6. The summed E-state index contributed by atoms with van der Waals surface area (Å²) in [6, 6.07) is 12.2. The average molecular weight is 472 g/mol. The second-order valence-electron chi connectivity index (χ2n) is 8.16. The first-order valence-electron chi connectivity index (χ1n) is 11.0. The Labute approximate surface area is 196 Å². The quantitative estimate of drug-likeness (QED) is 0.524. The highest BCUT2D eigenvalue weighted by atomic mass is 35.5. The first-order valence-corrected chi connectivity index (χ1v) is 11.4. The number of nitrogens with zero attached hydrogens (tertiary/aromatic N) is 2. The summed E-state index contributed by atoms with van der Waals surface area (Å²) in [4.78, 5) is 43.3. The normalized spacial score (nSPS) is 15.5. The van der Waals surface area contributed by atoms with Crippen molar-refractivity contribution in [1.82, 2.24) is 14.8 Å². The van der Waals surface area contributed by atoms with Gasteiger partial charge in [-0.25, -0.2) is 9.59 Å². The highest BCUT2D eigenvalue weighted by Gasteiger charge is 2.27. The van der Waals surface area contributed by atoms with Gasteiger partial charge in [-0.15, -0.1) is 0 Å². The lowest BCUT2D eigenvalue weighted by atomic mass is 9.94. The number of carbonyl (C=O) groups is 2. The van der Waals surface area contributed by atoms with E-state index < -0.39 is 5.76 Å². The molecular formula is C24H26ClN3O5. The van der Waals surface area contributed by atoms with E-state index in [-0.39, 0.29) is 24.4 Å². The van der Waals surface area contributed by atoms with E-state index in [4.69, 9.17) is 20.8 Å². The van der Waals surface area contributed by atoms with Gasteiger partial charge in [0.1, 0.15) is 6.61 Å². The maximum atomic E-state index is 13.1. The van der Waals surface area contributed by atoms with Crippen molar-refractivity contribution >= 4 is 34.6 Å². The molecule has 8 nitrogen and oxygen atoms in total. The molecule has 9 heteroatoms. The Kier molecular flexibility index (Phi) is 7.15. The van der Waals surface area contributed by atoms with E-state index in [1.54, 1.807) is 35.2 Å². The zero-order valence-corrected chi connectivity index (χ0v) is 19.1. The Morgan fingerprint density at radius 1 is 1.12 bits per heavy atom. The molecule has 4 rings (SSSR count). The Bertz CT molecular complexity index is 1180. The SMILES string of the molecule is CCC(CN1CCN(C(=O)OCc2ccc(Cl)cc2)CC1)C(=O)c1ccc2[nH]c(=O)oc2c1. The summed E-state index contributed by atoms with van der Waals surface area (Å²) < 4.78 is 10.5. The zero-order chi connectivity index (χ0) is 23.4. The number of oxazole rings is 1. The number of aromatic amines is 1. The fourth-order valence-corrected chi connectivity index (χ4v) is 4.10. The van der Waals surface area contributed by atoms with Crippen LogP contribution in [-0.2, 0) is 11.3 Å². The van der Waals surface area contributed by atoms with Crippen LogP contribution >= 0.6 is 11.6 Å². The van der Waals surface area contributed by atoms with Crippen LogP contribution in [0, 0.1) is 5.92 Å². The van der Waals surface area contributed by atoms with Gasteiger partial charge < -0.3 is 14.1 Å². The largest absolute Gasteiger partial charge is 0.445 e. The minimum absolute atomic E-state index is 0.0213. The second-order valence-corrected chi connectivity index (χ2v) is 8.60. The topological polar surface area (TPSA) is 95.9 Å². The number of aromatic nitrogens is 1. The number of fused-ring (bicyclic) bond motifs is 1. The van der Waals surface area contributed by atoms with E-state index >= 15 is 0 Å². The third-order valence-electron chi connectivity index (χ3n) is 5.95. The van der Waals surface area contributed by atoms with Crippen LogP contribution < -0.4 is 5.76 Å². The number of benzene rings is 2. The van der Waals surface area contributed by atoms with Crippen molar-refractivity contribution in [2.45, 2.75) is 20.0 Å². The number of carbonyl (C=O) groups excluding carboxylic acids is 2. The van der Waals surface area contributed by atoms with Crippen LogP contribution in [-0.4, -0.2) is 59.4 Å². The van der Waals surface area contributed by atoms with Crippen LogP contribution in [0.4, 0.5) is 4.79 Å². The van der Waals surface area contributed by atoms with Crippen molar-refractivity contribution in [3.8, 4) is 0 Å². The van der Waals surface area contributed by atoms with Crippen LogP contribution in [0.5, 0.6) is 0 Å². The van der Waals surface area contributed by atoms with Crippen molar-refractivity contribution in [3.63, 3.8) is 0 Å². The molecule has 1 fully saturated rings. The van der Waals surface area contributed by atoms with Crippen molar-refractivity contribution < 1.29 is 18.7 Å². The monoisotopic (exact) mass is 471 g/mol. The zero-order valence-electron chi connectivity index (χ0n) is 18.4. The van der Waals surface area contributed by atoms with Gasteiger partial charge in [0.2, 0.25) is 0 Å². The maximum absolute atomic E-state index is 13.1. The molecule has 2 heterocycles. The summed E-state index contributed by atoms with van der Waals surface area (Å²) in [6.07, 6.45) is 0.353. The Morgan fingerprint density at radius 3 is 2.55 bits per heavy atom. The molecule has 0 radical (unpaired) electrons. The Hall–Kier alpha value is -3.10. The van der Waals surface area contributed by atoms with Crippen molar-refractivity contribution in [2.75, 3.05) is 32.7 Å². The second kappa shape index (κ2) is 10.2. The highest BCUT2D eigenvalue weighted by Crippen LogP contribution is 2.19. The highest BCUT2D eigenvalue weighted by molar-refractivity contribution is 6.30. The van der Waals surface area contributed by atoms with Gasteiger partial charge in [-0.2, -0.15) is 0 Å². The third-order valence-corrected chi connectivity index (χ3v) is 6.21. The molecule has 33 heavy (non-hydrogen) atoms. The Balaban J connectivity index is 1.28. The first-order chi connectivity index (χ1) is 15.9. The van der Waals surface area contributed by atoms with Gasteiger partial charge in [-0.3, -0.25) is 14.7 Å². The molecule has 1 N–H and O–H groups in total. The molecule has 1 saturated heterocycles. The average Bonchev–Trinajstić information content (AvgIpc) is 3.21. The summed E-state index contributed by atoms with van der Waals surface area (Å²) in [6.45, 7) is 5.24. The number of rotatable bonds is 7. The molecule has 1 aliphatic rings. The van der Waals surface area contributed by atoms with E-state index in [0.29, 0.717) is 60.8 Å². The van der Waals surface area contributed by atoms with Gasteiger partial charge in [0.05, 0.1) is 5.52 Å². The predicted molar refractivity (Wildman–Crippen MR) is 125 cm³/mol. The summed E-state index contributed by atoms with van der Waals surface area (Å²) in [5.74, 6) is -0.698. The number of ketones is 1. The first kappa shape index (κ1) is 23.1. The van der Waals surface area contributed by atoms with E-state index in [9.17, 15) is 14.4 Å². The van der Waals surface area contributed by atoms with Crippen LogP contribution in [0.15, 0.2) is 51.7 Å². The van der Waals surface area contributed by atoms with Crippen LogP contribution in [0.3, 0.4) is 0 Å². The van der Waals surface area contributed by atoms with Crippen LogP contribution in [0.2, 0.25) is 5.02 Å². The smallest absolute Gasteiger partial charge is 0.417 e. The minimum Gasteiger partial charge on any atom is -0.445 e. The molecule has 2 aromatic carbocycles. The summed E-state index contributed by atoms with van der Waals surface area (Å²) in [7, 11) is 0. The molecule has 0 spiro atoms. The number of piperazine rings is 1. The summed E-state index contributed by atoms with van der Waals surface area (Å²) >= 11 is 5.88. The molecule has 0 aliphatic carbocycles. The number of nitrogens with one attached hydrogen (secondary N) is 1. The van der Waals surface area contributed by atoms with E-state index in [2.05, 4.69) is 9.88 Å². The summed E-state index contributed by atoms with van der Waals surface area (Å²) in [5, 5.41) is 0.640. The lowest BCUT2D eigenvalue weighted by molar-refractivity contribution is 0.0637. The number of H-pyrrole nitrogens is 1. The molecule has 0 bridgehead atoms. The molecule has 1 atom stereocenters. The predicted octanol–water partition coefficient (Wildman–Crippen LogP) is 3.94. The van der Waals surface area contributed by atoms with Gasteiger partial charge in [0.25, 0.3) is 0 Å². The molecule has 3 aromatic rings. The number of amides is 1. The fraction of sp³-hybridized carbons (Fsp3) is 0.375. The molecule has 174 valence electrons. The van der Waals surface area contributed by atoms with Crippen molar-refractivity contribution in [2.24, 2.45) is 5.92 Å². The lowest BCUT2D eigenvalue weighted by Gasteiger charge is -2.35. The van der Waals surface area contributed by atoms with Gasteiger partial charge in [-0.05, 0) is 42.3 Å². The number of Topliss-reactive ketones (excluding diaryl/α,β-unsaturated/α-hetero) is 1. The fourth-order valence-electron chi connectivity index (χ4n) is 3.97. The van der Waals surface area contributed by atoms with Gasteiger partial charge in [0, 0.05) is 49.2 Å². The molecule has 1 aromatic heterocycles. The lowest BCUT2D eigenvalue weighted by Crippen LogP contribution is -2.50. The number of halogens is 1. The molecule has 1 unspecified atom stereocenters. The molecular weight excluding hydrogens is 446 g/mol. The van der Waals surface area contributed by atoms with Gasteiger partial charge >= 0.3 is 11.8 Å². The minimum atomic E-state index is -0.536. The van der Waals surface area contributed by atoms with E-state index in [1.807, 2.05) is 19.1 Å². The van der Waals surface area contributed by atoms with Crippen LogP contribution in [0.1, 0.15) is 29.3 Å². The number of ether oxygens (including phenoxy) is 1. The van der Waals surface area contributed by atoms with Crippen LogP contribution in [0.25, 0.3) is 11.1 Å².